The van der Waals surface area contributed by atoms with Crippen LogP contribution in [0.25, 0.3) is 0 Å². The highest BCUT2D eigenvalue weighted by Crippen LogP contribution is 2.24. The van der Waals surface area contributed by atoms with Crippen LogP contribution in [-0.4, -0.2) is 52.5 Å². The van der Waals surface area contributed by atoms with Gasteiger partial charge in [0.05, 0.1) is 24.5 Å². The quantitative estimate of drug-likeness (QED) is 0.336. The van der Waals surface area contributed by atoms with Crippen LogP contribution in [0.4, 0.5) is 10.1 Å². The van der Waals surface area contributed by atoms with E-state index in [1.165, 1.54) is 43.7 Å². The van der Waals surface area contributed by atoms with E-state index in [2.05, 4.69) is 15.4 Å². The number of methoxy groups -OCH3 is 1. The summed E-state index contributed by atoms with van der Waals surface area (Å²) in [5, 5.41) is 14.5. The van der Waals surface area contributed by atoms with Crippen LogP contribution in [0.5, 0.6) is 0 Å². The molecule has 2 rings (SSSR count). The molecule has 32 heavy (non-hydrogen) atoms. The number of Topliss-reactive ketones (excluding diaryl/α,β-unsaturated/α-hetero) is 1. The fourth-order valence-electron chi connectivity index (χ4n) is 3.37. The number of nitrogens with zero attached hydrogens (tertiary/aromatic N) is 1. The Balaban J connectivity index is 2.34. The number of hydrogen-bond acceptors (Lipinski definition) is 6. The number of aryl methyl sites for hydroxylation is 1. The average molecular weight is 447 g/mol. The minimum atomic E-state index is -1.43. The normalized spacial score (nSPS) is 12.6. The summed E-state index contributed by atoms with van der Waals surface area (Å²) >= 11 is 0. The standard InChI is InChI=1S/C22H26FN3O6/c1-10-9-14(7-8-15(10)23)24-20(29)16-11(2)18(26(5)12(16)3)19(28)21(30)25-17(13(4)27)22(31)32-6/h7-9,13,17,27H,1-6H3,(H,24,29)(H,25,30)/t13-,17+/m1/s1. The monoisotopic (exact) mass is 447 g/mol. The van der Waals surface area contributed by atoms with E-state index in [1.54, 1.807) is 13.8 Å². The number of amides is 2. The predicted molar refractivity (Wildman–Crippen MR) is 114 cm³/mol. The number of esters is 1. The first-order valence-corrected chi connectivity index (χ1v) is 9.75. The molecule has 0 radical (unpaired) electrons. The smallest absolute Gasteiger partial charge is 0.331 e. The second kappa shape index (κ2) is 9.73. The fraction of sp³-hybridized carbons (Fsp3) is 0.364. The van der Waals surface area contributed by atoms with Gasteiger partial charge in [-0.3, -0.25) is 14.4 Å². The summed E-state index contributed by atoms with van der Waals surface area (Å²) in [5.41, 5.74) is 1.55. The van der Waals surface area contributed by atoms with Gasteiger partial charge in [0.2, 0.25) is 0 Å². The molecule has 0 aliphatic rings. The second-order valence-electron chi connectivity index (χ2n) is 7.46. The van der Waals surface area contributed by atoms with Crippen molar-refractivity contribution < 1.29 is 33.4 Å². The lowest BCUT2D eigenvalue weighted by Crippen LogP contribution is -2.50. The fourth-order valence-corrected chi connectivity index (χ4v) is 3.37. The van der Waals surface area contributed by atoms with E-state index in [9.17, 15) is 28.7 Å². The zero-order valence-electron chi connectivity index (χ0n) is 18.7. The zero-order valence-corrected chi connectivity index (χ0v) is 18.7. The molecule has 1 heterocycles. The number of aromatic nitrogens is 1. The number of carbonyl (C=O) groups is 4. The molecule has 1 aromatic heterocycles. The average Bonchev–Trinajstić information content (AvgIpc) is 2.95. The van der Waals surface area contributed by atoms with E-state index < -0.39 is 41.5 Å². The number of anilines is 1. The van der Waals surface area contributed by atoms with Crippen molar-refractivity contribution in [3.05, 3.63) is 52.1 Å². The molecule has 0 spiro atoms. The van der Waals surface area contributed by atoms with Crippen molar-refractivity contribution in [1.82, 2.24) is 9.88 Å². The number of ketones is 1. The van der Waals surface area contributed by atoms with Crippen molar-refractivity contribution in [3.63, 3.8) is 0 Å². The molecule has 9 nitrogen and oxygen atoms in total. The maximum Gasteiger partial charge on any atom is 0.331 e. The van der Waals surface area contributed by atoms with E-state index in [0.717, 1.165) is 7.11 Å². The number of carbonyl (C=O) groups excluding carboxylic acids is 4. The minimum absolute atomic E-state index is 0.0466. The summed E-state index contributed by atoms with van der Waals surface area (Å²) < 4.78 is 19.4. The first kappa shape index (κ1) is 24.7. The number of benzene rings is 1. The first-order valence-electron chi connectivity index (χ1n) is 9.75. The van der Waals surface area contributed by atoms with Gasteiger partial charge in [0, 0.05) is 18.4 Å². The van der Waals surface area contributed by atoms with Crippen LogP contribution in [0.3, 0.4) is 0 Å². The van der Waals surface area contributed by atoms with Gasteiger partial charge >= 0.3 is 5.97 Å². The van der Waals surface area contributed by atoms with Gasteiger partial charge in [-0.05, 0) is 57.0 Å². The summed E-state index contributed by atoms with van der Waals surface area (Å²) in [6.45, 7) is 5.96. The number of halogens is 1. The van der Waals surface area contributed by atoms with Crippen LogP contribution < -0.4 is 10.6 Å². The molecule has 1 aromatic carbocycles. The zero-order chi connectivity index (χ0) is 24.3. The van der Waals surface area contributed by atoms with Crippen LogP contribution in [-0.2, 0) is 21.4 Å². The maximum absolute atomic E-state index is 13.5. The largest absolute Gasteiger partial charge is 0.467 e. The van der Waals surface area contributed by atoms with Gasteiger partial charge in [0.25, 0.3) is 17.6 Å². The van der Waals surface area contributed by atoms with Crippen molar-refractivity contribution in [2.45, 2.75) is 39.8 Å². The number of rotatable bonds is 7. The van der Waals surface area contributed by atoms with Crippen molar-refractivity contribution in [3.8, 4) is 0 Å². The van der Waals surface area contributed by atoms with Crippen LogP contribution in [0, 0.1) is 26.6 Å². The SMILES string of the molecule is COC(=O)[C@@H](NC(=O)C(=O)c1c(C)c(C(=O)Nc2ccc(F)c(C)c2)c(C)n1C)[C@@H](C)O. The summed E-state index contributed by atoms with van der Waals surface area (Å²) in [5.74, 6) is -3.96. The molecule has 0 saturated heterocycles. The lowest BCUT2D eigenvalue weighted by Gasteiger charge is -2.18. The molecule has 0 saturated carbocycles. The first-order chi connectivity index (χ1) is 14.9. The Hall–Kier alpha value is -3.53. The third-order valence-electron chi connectivity index (χ3n) is 5.22. The summed E-state index contributed by atoms with van der Waals surface area (Å²) in [6, 6.07) is 2.69. The van der Waals surface area contributed by atoms with E-state index >= 15 is 0 Å². The topological polar surface area (TPSA) is 127 Å². The van der Waals surface area contributed by atoms with Gasteiger partial charge in [-0.1, -0.05) is 0 Å². The van der Waals surface area contributed by atoms with Crippen LogP contribution >= 0.6 is 0 Å². The molecule has 10 heteroatoms. The Morgan fingerprint density at radius 2 is 1.78 bits per heavy atom. The Kier molecular flexibility index (Phi) is 7.52. The van der Waals surface area contributed by atoms with E-state index in [1.807, 2.05) is 0 Å². The van der Waals surface area contributed by atoms with Crippen molar-refractivity contribution >= 4 is 29.3 Å². The van der Waals surface area contributed by atoms with Gasteiger partial charge in [0.15, 0.2) is 6.04 Å². The molecule has 2 atom stereocenters. The number of aliphatic hydroxyl groups is 1. The van der Waals surface area contributed by atoms with Gasteiger partial charge in [-0.25, -0.2) is 9.18 Å². The summed E-state index contributed by atoms with van der Waals surface area (Å²) in [7, 11) is 2.61. The Labute approximate surface area is 184 Å². The molecule has 172 valence electrons. The molecule has 2 aromatic rings. The molecular weight excluding hydrogens is 421 g/mol. The van der Waals surface area contributed by atoms with Crippen molar-refractivity contribution in [2.24, 2.45) is 7.05 Å². The third-order valence-corrected chi connectivity index (χ3v) is 5.22. The van der Waals surface area contributed by atoms with Crippen LogP contribution in [0.1, 0.15) is 44.6 Å². The van der Waals surface area contributed by atoms with E-state index in [4.69, 9.17) is 0 Å². The Morgan fingerprint density at radius 1 is 1.16 bits per heavy atom. The minimum Gasteiger partial charge on any atom is -0.467 e. The maximum atomic E-state index is 13.5. The predicted octanol–water partition coefficient (Wildman–Crippen LogP) is 1.56. The molecule has 0 aliphatic carbocycles. The molecule has 2 amide bonds. The van der Waals surface area contributed by atoms with E-state index in [-0.39, 0.29) is 16.8 Å². The number of ether oxygens (including phenoxy) is 1. The van der Waals surface area contributed by atoms with Gasteiger partial charge in [-0.2, -0.15) is 0 Å². The lowest BCUT2D eigenvalue weighted by molar-refractivity contribution is -0.147. The van der Waals surface area contributed by atoms with Crippen LogP contribution in [0.2, 0.25) is 0 Å². The Morgan fingerprint density at radius 3 is 2.31 bits per heavy atom. The van der Waals surface area contributed by atoms with Crippen LogP contribution in [0.15, 0.2) is 18.2 Å². The molecule has 0 unspecified atom stereocenters. The Bertz CT molecular complexity index is 1090. The summed E-state index contributed by atoms with van der Waals surface area (Å²) in [6.07, 6.45) is -1.30. The molecule has 3 N–H and O–H groups in total. The summed E-state index contributed by atoms with van der Waals surface area (Å²) in [4.78, 5) is 50.0. The highest BCUT2D eigenvalue weighted by Gasteiger charge is 2.33. The molecule has 0 bridgehead atoms. The molecular formula is C22H26FN3O6. The highest BCUT2D eigenvalue weighted by atomic mass is 19.1. The molecule has 0 fully saturated rings. The van der Waals surface area contributed by atoms with Crippen molar-refractivity contribution in [2.75, 3.05) is 12.4 Å². The van der Waals surface area contributed by atoms with Gasteiger partial charge in [-0.15, -0.1) is 0 Å². The number of hydrogen-bond donors (Lipinski definition) is 3. The molecule has 0 aliphatic heterocycles. The van der Waals surface area contributed by atoms with Gasteiger partial charge < -0.3 is 25.0 Å². The second-order valence-corrected chi connectivity index (χ2v) is 7.46. The van der Waals surface area contributed by atoms with Gasteiger partial charge in [0.1, 0.15) is 5.82 Å². The highest BCUT2D eigenvalue weighted by molar-refractivity contribution is 6.43. The number of nitrogens with one attached hydrogen (secondary N) is 2. The third kappa shape index (κ3) is 4.86. The lowest BCUT2D eigenvalue weighted by atomic mass is 10.1. The van der Waals surface area contributed by atoms with Crippen molar-refractivity contribution in [1.29, 1.82) is 0 Å². The van der Waals surface area contributed by atoms with E-state index in [0.29, 0.717) is 16.9 Å². The number of aliphatic hydroxyl groups excluding tert-OH is 1.